The van der Waals surface area contributed by atoms with E-state index >= 15 is 0 Å². The van der Waals surface area contributed by atoms with Crippen molar-refractivity contribution in [3.63, 3.8) is 0 Å². The second-order valence-corrected chi connectivity index (χ2v) is 7.22. The van der Waals surface area contributed by atoms with Crippen LogP contribution in [0.4, 0.5) is 18.9 Å². The first-order valence-corrected chi connectivity index (χ1v) is 9.48. The standard InChI is InChI=1S/C20H27F3N4.HI/c1-24-19(26-17-6-4-5-16(13-17)20(21,22)23)25-14-15-7-9-18(10-8-15)27-11-2-3-12-27;/h2-3,7-10,16-17H,4-6,11-14H2,1H3,(H2,24,25,26);1H. The molecule has 0 bridgehead atoms. The highest BCUT2D eigenvalue weighted by Gasteiger charge is 2.42. The molecule has 1 heterocycles. The average Bonchev–Trinajstić information content (AvgIpc) is 3.20. The summed E-state index contributed by atoms with van der Waals surface area (Å²) in [5.74, 6) is -0.662. The van der Waals surface area contributed by atoms with Gasteiger partial charge in [0, 0.05) is 38.4 Å². The van der Waals surface area contributed by atoms with Gasteiger partial charge in [0.15, 0.2) is 5.96 Å². The predicted molar refractivity (Wildman–Crippen MR) is 118 cm³/mol. The van der Waals surface area contributed by atoms with Crippen molar-refractivity contribution in [1.29, 1.82) is 0 Å². The van der Waals surface area contributed by atoms with Crippen LogP contribution < -0.4 is 15.5 Å². The monoisotopic (exact) mass is 508 g/mol. The molecule has 2 aliphatic rings. The SMILES string of the molecule is CN=C(NCc1ccc(N2CC=CC2)cc1)NC1CCCC(C(F)(F)F)C1.I. The molecule has 0 spiro atoms. The third-order valence-electron chi connectivity index (χ3n) is 5.28. The molecule has 0 radical (unpaired) electrons. The number of guanidine groups is 1. The van der Waals surface area contributed by atoms with Gasteiger partial charge < -0.3 is 15.5 Å². The molecule has 0 aromatic heterocycles. The summed E-state index contributed by atoms with van der Waals surface area (Å²) in [7, 11) is 1.64. The van der Waals surface area contributed by atoms with Gasteiger partial charge in [0.05, 0.1) is 5.92 Å². The van der Waals surface area contributed by atoms with E-state index in [-0.39, 0.29) is 42.9 Å². The van der Waals surface area contributed by atoms with Gasteiger partial charge in [0.2, 0.25) is 0 Å². The molecule has 2 N–H and O–H groups in total. The third kappa shape index (κ3) is 6.28. The summed E-state index contributed by atoms with van der Waals surface area (Å²) in [4.78, 5) is 6.44. The smallest absolute Gasteiger partial charge is 0.364 e. The molecule has 2 unspecified atom stereocenters. The van der Waals surface area contributed by atoms with Crippen LogP contribution in [0.3, 0.4) is 0 Å². The first kappa shape index (κ1) is 22.8. The van der Waals surface area contributed by atoms with Gasteiger partial charge >= 0.3 is 6.18 Å². The quantitative estimate of drug-likeness (QED) is 0.273. The zero-order valence-electron chi connectivity index (χ0n) is 16.0. The average molecular weight is 508 g/mol. The van der Waals surface area contributed by atoms with Crippen molar-refractivity contribution in [1.82, 2.24) is 10.6 Å². The van der Waals surface area contributed by atoms with Crippen molar-refractivity contribution in [2.45, 2.75) is 44.4 Å². The largest absolute Gasteiger partial charge is 0.391 e. The van der Waals surface area contributed by atoms with Gasteiger partial charge in [-0.3, -0.25) is 4.99 Å². The fraction of sp³-hybridized carbons (Fsp3) is 0.550. The number of anilines is 1. The molecule has 1 aliphatic carbocycles. The summed E-state index contributed by atoms with van der Waals surface area (Å²) < 4.78 is 38.9. The van der Waals surface area contributed by atoms with Crippen LogP contribution >= 0.6 is 24.0 Å². The summed E-state index contributed by atoms with van der Waals surface area (Å²) in [6.45, 7) is 2.45. The van der Waals surface area contributed by atoms with Crippen LogP contribution in [-0.4, -0.2) is 38.3 Å². The van der Waals surface area contributed by atoms with E-state index in [1.807, 2.05) is 0 Å². The highest BCUT2D eigenvalue weighted by atomic mass is 127. The van der Waals surface area contributed by atoms with Crippen molar-refractivity contribution < 1.29 is 13.2 Å². The molecular weight excluding hydrogens is 480 g/mol. The van der Waals surface area contributed by atoms with Crippen molar-refractivity contribution >= 4 is 35.6 Å². The zero-order valence-corrected chi connectivity index (χ0v) is 18.3. The van der Waals surface area contributed by atoms with Gasteiger partial charge in [-0.25, -0.2) is 0 Å². The fourth-order valence-electron chi connectivity index (χ4n) is 3.71. The number of hydrogen-bond acceptors (Lipinski definition) is 2. The number of rotatable bonds is 4. The number of benzene rings is 1. The Labute approximate surface area is 181 Å². The molecule has 1 fully saturated rings. The number of alkyl halides is 3. The van der Waals surface area contributed by atoms with E-state index in [4.69, 9.17) is 0 Å². The van der Waals surface area contributed by atoms with Gasteiger partial charge in [0.25, 0.3) is 0 Å². The van der Waals surface area contributed by atoms with Crippen LogP contribution in [0, 0.1) is 5.92 Å². The van der Waals surface area contributed by atoms with Crippen molar-refractivity contribution in [2.24, 2.45) is 10.9 Å². The Bertz CT molecular complexity index is 665. The number of hydrogen-bond donors (Lipinski definition) is 2. The molecule has 1 aromatic carbocycles. The van der Waals surface area contributed by atoms with Gasteiger partial charge in [-0.1, -0.05) is 30.7 Å². The minimum absolute atomic E-state index is 0. The second kappa shape index (κ2) is 10.4. The molecule has 0 saturated heterocycles. The van der Waals surface area contributed by atoms with E-state index in [9.17, 15) is 13.2 Å². The lowest BCUT2D eigenvalue weighted by Gasteiger charge is -2.31. The second-order valence-electron chi connectivity index (χ2n) is 7.22. The summed E-state index contributed by atoms with van der Waals surface area (Å²) >= 11 is 0. The molecular formula is C20H28F3IN4. The molecule has 1 aromatic rings. The van der Waals surface area contributed by atoms with Gasteiger partial charge in [-0.15, -0.1) is 24.0 Å². The first-order chi connectivity index (χ1) is 13.0. The van der Waals surface area contributed by atoms with Crippen molar-refractivity contribution in [3.05, 3.63) is 42.0 Å². The molecule has 1 saturated carbocycles. The van der Waals surface area contributed by atoms with Crippen LogP contribution in [-0.2, 0) is 6.54 Å². The molecule has 8 heteroatoms. The molecule has 2 atom stereocenters. The number of halogens is 4. The highest BCUT2D eigenvalue weighted by molar-refractivity contribution is 14.0. The highest BCUT2D eigenvalue weighted by Crippen LogP contribution is 2.37. The molecule has 4 nitrogen and oxygen atoms in total. The lowest BCUT2D eigenvalue weighted by molar-refractivity contribution is -0.183. The first-order valence-electron chi connectivity index (χ1n) is 9.48. The molecule has 1 aliphatic heterocycles. The van der Waals surface area contributed by atoms with Gasteiger partial charge in [-0.2, -0.15) is 13.2 Å². The summed E-state index contributed by atoms with van der Waals surface area (Å²) in [6, 6.07) is 8.12. The Balaban J connectivity index is 0.00000280. The number of aliphatic imine (C=N–C) groups is 1. The normalized spacial score (nSPS) is 22.7. The van der Waals surface area contributed by atoms with E-state index in [2.05, 4.69) is 56.9 Å². The lowest BCUT2D eigenvalue weighted by atomic mass is 9.85. The van der Waals surface area contributed by atoms with Crippen molar-refractivity contribution in [2.75, 3.05) is 25.0 Å². The van der Waals surface area contributed by atoms with E-state index in [1.54, 1.807) is 7.05 Å². The summed E-state index contributed by atoms with van der Waals surface area (Å²) in [5, 5.41) is 6.36. The lowest BCUT2D eigenvalue weighted by Crippen LogP contribution is -2.46. The Hall–Kier alpha value is -1.45. The predicted octanol–water partition coefficient (Wildman–Crippen LogP) is 4.47. The number of nitrogens with zero attached hydrogens (tertiary/aromatic N) is 2. The zero-order chi connectivity index (χ0) is 19.3. The van der Waals surface area contributed by atoms with Gasteiger partial charge in [-0.05, 0) is 37.0 Å². The minimum Gasteiger partial charge on any atom is -0.364 e. The molecule has 156 valence electrons. The van der Waals surface area contributed by atoms with E-state index in [0.717, 1.165) is 25.1 Å². The Morgan fingerprint density at radius 3 is 2.43 bits per heavy atom. The van der Waals surface area contributed by atoms with Gasteiger partial charge in [0.1, 0.15) is 0 Å². The maximum Gasteiger partial charge on any atom is 0.391 e. The summed E-state index contributed by atoms with van der Waals surface area (Å²) in [5.41, 5.74) is 2.29. The van der Waals surface area contributed by atoms with Crippen molar-refractivity contribution in [3.8, 4) is 0 Å². The maximum absolute atomic E-state index is 13.0. The molecule has 0 amide bonds. The molecule has 3 rings (SSSR count). The van der Waals surface area contributed by atoms with Crippen LogP contribution in [0.25, 0.3) is 0 Å². The van der Waals surface area contributed by atoms with E-state index in [1.165, 1.54) is 5.69 Å². The molecule has 28 heavy (non-hydrogen) atoms. The Morgan fingerprint density at radius 1 is 1.14 bits per heavy atom. The van der Waals surface area contributed by atoms with E-state index < -0.39 is 12.1 Å². The topological polar surface area (TPSA) is 39.7 Å². The Kier molecular flexibility index (Phi) is 8.45. The summed E-state index contributed by atoms with van der Waals surface area (Å²) in [6.07, 6.45) is 1.87. The van der Waals surface area contributed by atoms with Crippen LogP contribution in [0.2, 0.25) is 0 Å². The van der Waals surface area contributed by atoms with Crippen LogP contribution in [0.15, 0.2) is 41.4 Å². The maximum atomic E-state index is 13.0. The van der Waals surface area contributed by atoms with Crippen LogP contribution in [0.1, 0.15) is 31.2 Å². The minimum atomic E-state index is -4.11. The number of nitrogens with one attached hydrogen (secondary N) is 2. The third-order valence-corrected chi connectivity index (χ3v) is 5.28. The Morgan fingerprint density at radius 2 is 1.82 bits per heavy atom. The fourth-order valence-corrected chi connectivity index (χ4v) is 3.71. The van der Waals surface area contributed by atoms with Crippen LogP contribution in [0.5, 0.6) is 0 Å². The van der Waals surface area contributed by atoms with E-state index in [0.29, 0.717) is 18.9 Å².